The van der Waals surface area contributed by atoms with Gasteiger partial charge in [0.05, 0.1) is 6.61 Å². The topological polar surface area (TPSA) is 12.5 Å². The van der Waals surface area contributed by atoms with Gasteiger partial charge in [-0.05, 0) is 68.5 Å². The molecular weight excluding hydrogens is 366 g/mol. The lowest BCUT2D eigenvalue weighted by atomic mass is 9.64. The highest BCUT2D eigenvalue weighted by Crippen LogP contribution is 2.45. The van der Waals surface area contributed by atoms with Crippen LogP contribution in [0.4, 0.5) is 0 Å². The molecule has 150 valence electrons. The summed E-state index contributed by atoms with van der Waals surface area (Å²) >= 11 is 6.12. The Labute approximate surface area is 174 Å². The van der Waals surface area contributed by atoms with E-state index in [1.54, 1.807) is 0 Å². The fraction of sp³-hybridized carbons (Fsp3) is 0.520. The van der Waals surface area contributed by atoms with Crippen LogP contribution in [0.1, 0.15) is 43.7 Å². The summed E-state index contributed by atoms with van der Waals surface area (Å²) in [7, 11) is 0. The van der Waals surface area contributed by atoms with Gasteiger partial charge >= 0.3 is 0 Å². The molecule has 0 radical (unpaired) electrons. The summed E-state index contributed by atoms with van der Waals surface area (Å²) in [5, 5.41) is 0.832. The largest absolute Gasteiger partial charge is 0.493 e. The molecule has 2 atom stereocenters. The summed E-state index contributed by atoms with van der Waals surface area (Å²) in [6, 6.07) is 17.0. The summed E-state index contributed by atoms with van der Waals surface area (Å²) in [4.78, 5) is 2.69. The minimum atomic E-state index is 0.327. The Morgan fingerprint density at radius 2 is 1.79 bits per heavy atom. The normalized spacial score (nSPS) is 24.5. The van der Waals surface area contributed by atoms with Gasteiger partial charge in [0.25, 0.3) is 0 Å². The SMILES string of the molecule is Cc1ccc(OC[C@@H]2CN(CC3(c4ccc(Cl)cc4)CCC3)CC[C@H]2C)cc1. The number of ether oxygens (including phenoxy) is 1. The van der Waals surface area contributed by atoms with Crippen LogP contribution in [-0.2, 0) is 5.41 Å². The average molecular weight is 398 g/mol. The number of rotatable bonds is 6. The van der Waals surface area contributed by atoms with Crippen molar-refractivity contribution in [1.29, 1.82) is 0 Å². The quantitative estimate of drug-likeness (QED) is 0.583. The third kappa shape index (κ3) is 4.39. The van der Waals surface area contributed by atoms with Crippen molar-refractivity contribution < 1.29 is 4.74 Å². The fourth-order valence-electron chi connectivity index (χ4n) is 4.80. The molecule has 2 nitrogen and oxygen atoms in total. The molecule has 28 heavy (non-hydrogen) atoms. The van der Waals surface area contributed by atoms with Crippen LogP contribution in [-0.4, -0.2) is 31.1 Å². The third-order valence-corrected chi connectivity index (χ3v) is 7.23. The second-order valence-corrected chi connectivity index (χ2v) is 9.46. The van der Waals surface area contributed by atoms with E-state index in [1.165, 1.54) is 49.9 Å². The van der Waals surface area contributed by atoms with Crippen molar-refractivity contribution in [3.8, 4) is 5.75 Å². The number of halogens is 1. The molecular formula is C25H32ClNO. The Balaban J connectivity index is 1.38. The van der Waals surface area contributed by atoms with Crippen LogP contribution < -0.4 is 4.74 Å². The zero-order valence-electron chi connectivity index (χ0n) is 17.2. The molecule has 2 aromatic carbocycles. The molecule has 3 heteroatoms. The van der Waals surface area contributed by atoms with E-state index in [9.17, 15) is 0 Å². The first-order valence-corrected chi connectivity index (χ1v) is 11.1. The third-order valence-electron chi connectivity index (χ3n) is 6.98. The van der Waals surface area contributed by atoms with Gasteiger partial charge in [-0.2, -0.15) is 0 Å². The van der Waals surface area contributed by atoms with Crippen LogP contribution in [0.2, 0.25) is 5.02 Å². The molecule has 2 aliphatic rings. The minimum absolute atomic E-state index is 0.327. The van der Waals surface area contributed by atoms with Crippen molar-refractivity contribution in [3.63, 3.8) is 0 Å². The summed E-state index contributed by atoms with van der Waals surface area (Å²) < 4.78 is 6.15. The molecule has 1 saturated heterocycles. The van der Waals surface area contributed by atoms with Crippen molar-refractivity contribution in [2.45, 2.75) is 44.9 Å². The molecule has 1 heterocycles. The first-order chi connectivity index (χ1) is 13.5. The maximum absolute atomic E-state index is 6.15. The Morgan fingerprint density at radius 1 is 1.07 bits per heavy atom. The van der Waals surface area contributed by atoms with Gasteiger partial charge in [0.2, 0.25) is 0 Å². The van der Waals surface area contributed by atoms with Gasteiger partial charge < -0.3 is 9.64 Å². The Bertz CT molecular complexity index is 766. The van der Waals surface area contributed by atoms with Crippen LogP contribution in [0.25, 0.3) is 0 Å². The molecule has 1 saturated carbocycles. The van der Waals surface area contributed by atoms with E-state index in [0.29, 0.717) is 11.3 Å². The van der Waals surface area contributed by atoms with Crippen molar-refractivity contribution in [2.24, 2.45) is 11.8 Å². The van der Waals surface area contributed by atoms with Crippen LogP contribution in [0, 0.1) is 18.8 Å². The van der Waals surface area contributed by atoms with E-state index in [-0.39, 0.29) is 0 Å². The van der Waals surface area contributed by atoms with E-state index in [0.717, 1.165) is 29.8 Å². The number of likely N-dealkylation sites (tertiary alicyclic amines) is 1. The van der Waals surface area contributed by atoms with Crippen LogP contribution >= 0.6 is 11.6 Å². The summed E-state index contributed by atoms with van der Waals surface area (Å²) in [5.74, 6) is 2.30. The van der Waals surface area contributed by atoms with Gasteiger partial charge in [0, 0.05) is 29.4 Å². The number of hydrogen-bond acceptors (Lipinski definition) is 2. The first kappa shape index (κ1) is 19.8. The molecule has 0 spiro atoms. The van der Waals surface area contributed by atoms with Crippen LogP contribution in [0.3, 0.4) is 0 Å². The molecule has 2 fully saturated rings. The van der Waals surface area contributed by atoms with Crippen LogP contribution in [0.15, 0.2) is 48.5 Å². The lowest BCUT2D eigenvalue weighted by Crippen LogP contribution is -2.50. The van der Waals surface area contributed by atoms with Gasteiger partial charge in [0.1, 0.15) is 5.75 Å². The van der Waals surface area contributed by atoms with E-state index < -0.39 is 0 Å². The standard InChI is InChI=1S/C25H32ClNO/c1-19-4-10-24(11-5-19)28-17-21-16-27(15-12-20(21)2)18-25(13-3-14-25)22-6-8-23(26)9-7-22/h4-11,20-21H,3,12-18H2,1-2H3/t20-,21+/m1/s1. The zero-order valence-corrected chi connectivity index (χ0v) is 17.9. The second-order valence-electron chi connectivity index (χ2n) is 9.03. The average Bonchev–Trinajstić information content (AvgIpc) is 2.67. The summed E-state index contributed by atoms with van der Waals surface area (Å²) in [6.45, 7) is 8.83. The lowest BCUT2D eigenvalue weighted by Gasteiger charge is -2.48. The van der Waals surface area contributed by atoms with E-state index >= 15 is 0 Å². The molecule has 4 rings (SSSR count). The maximum atomic E-state index is 6.15. The number of hydrogen-bond donors (Lipinski definition) is 0. The molecule has 0 unspecified atom stereocenters. The monoisotopic (exact) mass is 397 g/mol. The van der Waals surface area contributed by atoms with Gasteiger partial charge in [0.15, 0.2) is 0 Å². The summed E-state index contributed by atoms with van der Waals surface area (Å²) in [5.41, 5.74) is 3.07. The van der Waals surface area contributed by atoms with Crippen molar-refractivity contribution >= 4 is 11.6 Å². The predicted molar refractivity (Wildman–Crippen MR) is 117 cm³/mol. The fourth-order valence-corrected chi connectivity index (χ4v) is 4.92. The predicted octanol–water partition coefficient (Wildman–Crippen LogP) is 6.11. The van der Waals surface area contributed by atoms with Crippen LogP contribution in [0.5, 0.6) is 5.75 Å². The highest BCUT2D eigenvalue weighted by atomic mass is 35.5. The number of aryl methyl sites for hydroxylation is 1. The second kappa shape index (κ2) is 8.47. The molecule has 0 amide bonds. The number of benzene rings is 2. The van der Waals surface area contributed by atoms with Gasteiger partial charge in [-0.25, -0.2) is 0 Å². The molecule has 0 bridgehead atoms. The minimum Gasteiger partial charge on any atom is -0.493 e. The maximum Gasteiger partial charge on any atom is 0.119 e. The lowest BCUT2D eigenvalue weighted by molar-refractivity contribution is 0.0544. The van der Waals surface area contributed by atoms with E-state index in [4.69, 9.17) is 16.3 Å². The van der Waals surface area contributed by atoms with E-state index in [1.807, 2.05) is 12.1 Å². The first-order valence-electron chi connectivity index (χ1n) is 10.7. The molecule has 1 aliphatic heterocycles. The highest BCUT2D eigenvalue weighted by Gasteiger charge is 2.41. The number of nitrogens with zero attached hydrogens (tertiary/aromatic N) is 1. The van der Waals surface area contributed by atoms with Gasteiger partial charge in [-0.1, -0.05) is 54.8 Å². The van der Waals surface area contributed by atoms with Crippen molar-refractivity contribution in [1.82, 2.24) is 4.90 Å². The Kier molecular flexibility index (Phi) is 5.99. The molecule has 2 aromatic rings. The zero-order chi connectivity index (χ0) is 19.6. The van der Waals surface area contributed by atoms with Gasteiger partial charge in [-0.3, -0.25) is 0 Å². The van der Waals surface area contributed by atoms with Gasteiger partial charge in [-0.15, -0.1) is 0 Å². The molecule has 0 aromatic heterocycles. The summed E-state index contributed by atoms with van der Waals surface area (Å²) in [6.07, 6.45) is 5.20. The van der Waals surface area contributed by atoms with Crippen molar-refractivity contribution in [2.75, 3.05) is 26.2 Å². The molecule has 0 N–H and O–H groups in total. The number of piperidine rings is 1. The Hall–Kier alpha value is -1.51. The van der Waals surface area contributed by atoms with Crippen molar-refractivity contribution in [3.05, 3.63) is 64.7 Å². The van der Waals surface area contributed by atoms with E-state index in [2.05, 4.69) is 55.1 Å². The highest BCUT2D eigenvalue weighted by molar-refractivity contribution is 6.30. The smallest absolute Gasteiger partial charge is 0.119 e. The Morgan fingerprint density at radius 3 is 2.43 bits per heavy atom. The molecule has 1 aliphatic carbocycles.